The molecule has 36 heavy (non-hydrogen) atoms. The van der Waals surface area contributed by atoms with Gasteiger partial charge in [-0.2, -0.15) is 0 Å². The molecule has 0 spiro atoms. The van der Waals surface area contributed by atoms with E-state index in [9.17, 15) is 13.2 Å². The number of rotatable bonds is 7. The highest BCUT2D eigenvalue weighted by Crippen LogP contribution is 2.26. The molecule has 0 aliphatic carbocycles. The number of H-pyrrole nitrogens is 1. The van der Waals surface area contributed by atoms with Gasteiger partial charge in [0, 0.05) is 36.6 Å². The molecule has 2 aromatic heterocycles. The van der Waals surface area contributed by atoms with Crippen LogP contribution < -0.4 is 10.2 Å². The third-order valence-corrected chi connectivity index (χ3v) is 8.51. The quantitative estimate of drug-likeness (QED) is 0.397. The highest BCUT2D eigenvalue weighted by atomic mass is 32.2. The number of hydrogen-bond acceptors (Lipinski definition) is 6. The second-order valence-electron chi connectivity index (χ2n) is 8.90. The fourth-order valence-corrected chi connectivity index (χ4v) is 5.98. The number of carbonyl (C=O) groups is 1. The Morgan fingerprint density at radius 3 is 2.56 bits per heavy atom. The molecule has 0 radical (unpaired) electrons. The number of sulfone groups is 1. The van der Waals surface area contributed by atoms with Crippen molar-refractivity contribution >= 4 is 38.2 Å². The number of pyridine rings is 1. The molecular formula is C27H28N4O4S. The van der Waals surface area contributed by atoms with E-state index in [1.807, 2.05) is 37.3 Å². The largest absolute Gasteiger partial charge is 0.378 e. The fourth-order valence-electron chi connectivity index (χ4n) is 4.40. The minimum atomic E-state index is -3.98. The molecule has 1 amide bonds. The zero-order valence-electron chi connectivity index (χ0n) is 20.0. The molecule has 0 saturated carbocycles. The predicted octanol–water partition coefficient (Wildman–Crippen LogP) is 3.73. The number of aryl methyl sites for hydroxylation is 1. The molecule has 9 heteroatoms. The highest BCUT2D eigenvalue weighted by molar-refractivity contribution is 7.92. The van der Waals surface area contributed by atoms with Gasteiger partial charge in [0.15, 0.2) is 9.84 Å². The van der Waals surface area contributed by atoms with Crippen molar-refractivity contribution in [1.82, 2.24) is 9.97 Å². The van der Waals surface area contributed by atoms with E-state index in [4.69, 9.17) is 4.74 Å². The Morgan fingerprint density at radius 1 is 1.08 bits per heavy atom. The summed E-state index contributed by atoms with van der Waals surface area (Å²) in [6.45, 7) is 4.68. The monoisotopic (exact) mass is 504 g/mol. The lowest BCUT2D eigenvalue weighted by molar-refractivity contribution is -0.115. The summed E-state index contributed by atoms with van der Waals surface area (Å²) in [6, 6.07) is 17.8. The van der Waals surface area contributed by atoms with Crippen LogP contribution in [0.25, 0.3) is 10.9 Å². The fraction of sp³-hybridized carbons (Fsp3) is 0.259. The number of carbonyl (C=O) groups excluding carboxylic acids is 1. The van der Waals surface area contributed by atoms with Gasteiger partial charge >= 0.3 is 0 Å². The lowest BCUT2D eigenvalue weighted by Crippen LogP contribution is -2.37. The van der Waals surface area contributed by atoms with E-state index in [1.54, 1.807) is 42.7 Å². The minimum Gasteiger partial charge on any atom is -0.378 e. The first-order valence-corrected chi connectivity index (χ1v) is 13.4. The van der Waals surface area contributed by atoms with Crippen molar-refractivity contribution < 1.29 is 17.9 Å². The normalized spacial score (nSPS) is 15.1. The van der Waals surface area contributed by atoms with Gasteiger partial charge in [-0.25, -0.2) is 13.4 Å². The number of anilines is 2. The van der Waals surface area contributed by atoms with Crippen LogP contribution in [-0.2, 0) is 25.8 Å². The van der Waals surface area contributed by atoms with Crippen molar-refractivity contribution in [2.75, 3.05) is 36.5 Å². The number of ether oxygens (including phenoxy) is 1. The average Bonchev–Trinajstić information content (AvgIpc) is 3.31. The number of nitrogens with one attached hydrogen (secondary N) is 2. The van der Waals surface area contributed by atoms with E-state index in [-0.39, 0.29) is 11.3 Å². The maximum Gasteiger partial charge on any atom is 0.243 e. The molecule has 4 aromatic rings. The first kappa shape index (κ1) is 24.0. The Kier molecular flexibility index (Phi) is 6.75. The van der Waals surface area contributed by atoms with E-state index in [2.05, 4.69) is 20.2 Å². The summed E-state index contributed by atoms with van der Waals surface area (Å²) >= 11 is 0. The summed E-state index contributed by atoms with van der Waals surface area (Å²) in [4.78, 5) is 23.4. The average molecular weight is 505 g/mol. The van der Waals surface area contributed by atoms with Gasteiger partial charge in [-0.3, -0.25) is 4.79 Å². The Hall–Kier alpha value is -3.69. The third-order valence-electron chi connectivity index (χ3n) is 6.45. The third kappa shape index (κ3) is 4.98. The van der Waals surface area contributed by atoms with Gasteiger partial charge in [0.2, 0.25) is 5.91 Å². The Morgan fingerprint density at radius 2 is 1.83 bits per heavy atom. The van der Waals surface area contributed by atoms with Gasteiger partial charge < -0.3 is 19.9 Å². The van der Waals surface area contributed by atoms with Crippen LogP contribution in [0, 0.1) is 6.92 Å². The number of benzene rings is 2. The molecule has 8 nitrogen and oxygen atoms in total. The molecule has 1 saturated heterocycles. The zero-order chi connectivity index (χ0) is 25.1. The van der Waals surface area contributed by atoms with E-state index in [1.165, 1.54) is 0 Å². The first-order chi connectivity index (χ1) is 17.4. The predicted molar refractivity (Wildman–Crippen MR) is 140 cm³/mol. The molecule has 1 unspecified atom stereocenters. The molecule has 5 rings (SSSR count). The molecule has 1 aliphatic heterocycles. The SMILES string of the molecule is Cc1ccc(S(=O)(=O)C(Cc2c[nH]c3ccccc23)C(=O)Nc2ccc(N3CCOCC3)nc2)cc1. The number of nitrogens with zero attached hydrogens (tertiary/aromatic N) is 2. The number of aromatic amines is 1. The number of hydrogen-bond donors (Lipinski definition) is 2. The standard InChI is InChI=1S/C27H28N4O4S/c1-19-6-9-22(10-7-19)36(33,34)25(16-20-17-28-24-5-3-2-4-23(20)24)27(32)30-21-8-11-26(29-18-21)31-12-14-35-15-13-31/h2-11,17-18,25,28H,12-16H2,1H3,(H,30,32). The van der Waals surface area contributed by atoms with Crippen molar-refractivity contribution in [2.24, 2.45) is 0 Å². The van der Waals surface area contributed by atoms with Crippen molar-refractivity contribution in [2.45, 2.75) is 23.5 Å². The van der Waals surface area contributed by atoms with E-state index >= 15 is 0 Å². The molecule has 1 atom stereocenters. The lowest BCUT2D eigenvalue weighted by atomic mass is 10.1. The van der Waals surface area contributed by atoms with Crippen molar-refractivity contribution in [1.29, 1.82) is 0 Å². The Balaban J connectivity index is 1.43. The molecule has 1 fully saturated rings. The minimum absolute atomic E-state index is 0.0331. The second-order valence-corrected chi connectivity index (χ2v) is 11.0. The van der Waals surface area contributed by atoms with Crippen LogP contribution in [0.5, 0.6) is 0 Å². The molecule has 2 N–H and O–H groups in total. The van der Waals surface area contributed by atoms with E-state index in [0.29, 0.717) is 18.9 Å². The van der Waals surface area contributed by atoms with Crippen molar-refractivity contribution in [3.05, 3.63) is 84.2 Å². The number of fused-ring (bicyclic) bond motifs is 1. The molecule has 1 aliphatic rings. The number of morpholine rings is 1. The van der Waals surface area contributed by atoms with Gasteiger partial charge in [-0.05, 0) is 42.8 Å². The molecule has 186 valence electrons. The van der Waals surface area contributed by atoms with Crippen LogP contribution >= 0.6 is 0 Å². The number of aromatic nitrogens is 2. The summed E-state index contributed by atoms with van der Waals surface area (Å²) < 4.78 is 32.8. The van der Waals surface area contributed by atoms with Crippen molar-refractivity contribution in [3.63, 3.8) is 0 Å². The Labute approximate surface area is 210 Å². The summed E-state index contributed by atoms with van der Waals surface area (Å²) in [5.41, 5.74) is 3.04. The van der Waals surface area contributed by atoms with Crippen LogP contribution in [0.2, 0.25) is 0 Å². The Bertz CT molecular complexity index is 1460. The molecule has 2 aromatic carbocycles. The number of para-hydroxylation sites is 1. The van der Waals surface area contributed by atoms with E-state index in [0.717, 1.165) is 40.9 Å². The van der Waals surface area contributed by atoms with Crippen molar-refractivity contribution in [3.8, 4) is 0 Å². The van der Waals surface area contributed by atoms with Gasteiger partial charge in [-0.15, -0.1) is 0 Å². The van der Waals surface area contributed by atoms with Gasteiger partial charge in [0.05, 0.1) is 30.0 Å². The zero-order valence-corrected chi connectivity index (χ0v) is 20.8. The molecule has 3 heterocycles. The summed E-state index contributed by atoms with van der Waals surface area (Å²) in [7, 11) is -3.98. The highest BCUT2D eigenvalue weighted by Gasteiger charge is 2.35. The van der Waals surface area contributed by atoms with Gasteiger partial charge in [0.25, 0.3) is 0 Å². The maximum atomic E-state index is 13.7. The molecular weight excluding hydrogens is 476 g/mol. The van der Waals surface area contributed by atoms with Gasteiger partial charge in [-0.1, -0.05) is 35.9 Å². The second kappa shape index (κ2) is 10.1. The molecule has 0 bridgehead atoms. The van der Waals surface area contributed by atoms with Crippen LogP contribution in [0.1, 0.15) is 11.1 Å². The van der Waals surface area contributed by atoms with Gasteiger partial charge in [0.1, 0.15) is 11.1 Å². The lowest BCUT2D eigenvalue weighted by Gasteiger charge is -2.27. The summed E-state index contributed by atoms with van der Waals surface area (Å²) in [6.07, 6.45) is 3.36. The van der Waals surface area contributed by atoms with Crippen LogP contribution in [0.15, 0.2) is 78.0 Å². The van der Waals surface area contributed by atoms with Crippen LogP contribution in [0.4, 0.5) is 11.5 Å². The first-order valence-electron chi connectivity index (χ1n) is 11.9. The number of amides is 1. The van der Waals surface area contributed by atoms with E-state index < -0.39 is 21.0 Å². The maximum absolute atomic E-state index is 13.7. The topological polar surface area (TPSA) is 104 Å². The van der Waals surface area contributed by atoms with Crippen LogP contribution in [0.3, 0.4) is 0 Å². The summed E-state index contributed by atoms with van der Waals surface area (Å²) in [5, 5.41) is 2.36. The van der Waals surface area contributed by atoms with Crippen LogP contribution in [-0.4, -0.2) is 55.8 Å². The smallest absolute Gasteiger partial charge is 0.243 e. The summed E-state index contributed by atoms with van der Waals surface area (Å²) in [5.74, 6) is 0.195.